The topological polar surface area (TPSA) is 98.4 Å². The smallest absolute Gasteiger partial charge is 0.550 e. The van der Waals surface area contributed by atoms with Crippen LogP contribution < -0.4 is 34.7 Å². The van der Waals surface area contributed by atoms with E-state index in [-0.39, 0.29) is 60.3 Å². The maximum atomic E-state index is 14.0. The summed E-state index contributed by atoms with van der Waals surface area (Å²) in [5.74, 6) is -3.25. The Kier molecular flexibility index (Phi) is 10.1. The molecule has 182 valence electrons. The summed E-state index contributed by atoms with van der Waals surface area (Å²) in [6.07, 6.45) is -8.76. The molecule has 2 atom stereocenters. The molecule has 1 aromatic heterocycles. The van der Waals surface area contributed by atoms with Crippen LogP contribution in [0.2, 0.25) is 0 Å². The van der Waals surface area contributed by atoms with Gasteiger partial charge in [-0.05, 0) is 50.1 Å². The number of aromatic nitrogens is 2. The Morgan fingerprint density at radius 1 is 1.09 bits per heavy atom. The SMILES string of the molecule is Cc1cccc(-c2nc(C(F)(F)F)n(CC[C@@H](O)C[C@@H](O)CC(=O)[O-])c2-c2ccc(F)cc2)c1.[Na+]. The third-order valence-electron chi connectivity index (χ3n) is 5.26. The van der Waals surface area contributed by atoms with Crippen molar-refractivity contribution in [2.45, 2.75) is 51.1 Å². The summed E-state index contributed by atoms with van der Waals surface area (Å²) in [7, 11) is 0. The molecule has 2 N–H and O–H groups in total. The van der Waals surface area contributed by atoms with Gasteiger partial charge < -0.3 is 24.7 Å². The number of hydrogen-bond donors (Lipinski definition) is 2. The fraction of sp³-hybridized carbons (Fsp3) is 0.333. The molecule has 0 amide bonds. The average molecular weight is 502 g/mol. The molecule has 0 spiro atoms. The number of aliphatic hydroxyl groups excluding tert-OH is 2. The predicted octanol–water partition coefficient (Wildman–Crippen LogP) is 0.329. The van der Waals surface area contributed by atoms with Crippen LogP contribution in [0.25, 0.3) is 22.5 Å². The second kappa shape index (κ2) is 12.1. The van der Waals surface area contributed by atoms with Crippen molar-refractivity contribution in [3.63, 3.8) is 0 Å². The molecule has 1 heterocycles. The number of benzene rings is 2. The second-order valence-corrected chi connectivity index (χ2v) is 8.07. The number of carboxylic acids is 1. The Balaban J connectivity index is 0.00000432. The molecule has 0 saturated heterocycles. The summed E-state index contributed by atoms with van der Waals surface area (Å²) < 4.78 is 56.4. The zero-order chi connectivity index (χ0) is 25.0. The Morgan fingerprint density at radius 3 is 2.31 bits per heavy atom. The number of carbonyl (C=O) groups excluding carboxylic acids is 1. The first-order chi connectivity index (χ1) is 16.0. The molecule has 3 aromatic rings. The minimum Gasteiger partial charge on any atom is -0.550 e. The van der Waals surface area contributed by atoms with Gasteiger partial charge >= 0.3 is 35.7 Å². The van der Waals surface area contributed by atoms with E-state index < -0.39 is 42.4 Å². The first kappa shape index (κ1) is 29.0. The molecule has 3 rings (SSSR count). The van der Waals surface area contributed by atoms with E-state index >= 15 is 0 Å². The molecule has 35 heavy (non-hydrogen) atoms. The summed E-state index contributed by atoms with van der Waals surface area (Å²) in [6.45, 7) is 1.45. The maximum Gasteiger partial charge on any atom is 1.00 e. The zero-order valence-corrected chi connectivity index (χ0v) is 21.2. The Hall–Kier alpha value is -2.24. The van der Waals surface area contributed by atoms with Gasteiger partial charge in [-0.1, -0.05) is 23.8 Å². The minimum absolute atomic E-state index is 0. The van der Waals surface area contributed by atoms with E-state index in [0.29, 0.717) is 11.1 Å². The standard InChI is InChI=1S/C24H24F4N2O4.Na/c1-14-3-2-4-16(11-14)21-22(15-5-7-17(25)8-6-15)30(23(29-21)24(26,27)28)10-9-18(31)12-19(32)13-20(33)34;/h2-8,11,18-19,31-32H,9-10,12-13H2,1H3,(H,33,34);/q;+1/p-1/t18-,19-;/m1./s1. The molecule has 0 aliphatic carbocycles. The number of rotatable bonds is 9. The van der Waals surface area contributed by atoms with Crippen LogP contribution in [0.4, 0.5) is 17.6 Å². The van der Waals surface area contributed by atoms with Crippen molar-refractivity contribution in [3.8, 4) is 22.5 Å². The fourth-order valence-corrected chi connectivity index (χ4v) is 3.77. The van der Waals surface area contributed by atoms with Gasteiger partial charge in [0.05, 0.1) is 23.6 Å². The van der Waals surface area contributed by atoms with Crippen molar-refractivity contribution in [1.29, 1.82) is 0 Å². The Bertz CT molecular complexity index is 1150. The number of nitrogens with zero attached hydrogens (tertiary/aromatic N) is 2. The van der Waals surface area contributed by atoms with Crippen LogP contribution in [0.1, 0.15) is 30.7 Å². The van der Waals surface area contributed by atoms with Gasteiger partial charge in [0.15, 0.2) is 0 Å². The van der Waals surface area contributed by atoms with E-state index in [9.17, 15) is 37.7 Å². The number of imidazole rings is 1. The van der Waals surface area contributed by atoms with Gasteiger partial charge in [0, 0.05) is 30.1 Å². The summed E-state index contributed by atoms with van der Waals surface area (Å²) >= 11 is 0. The van der Waals surface area contributed by atoms with Crippen molar-refractivity contribution in [3.05, 3.63) is 65.7 Å². The van der Waals surface area contributed by atoms with Crippen molar-refractivity contribution < 1.29 is 67.2 Å². The second-order valence-electron chi connectivity index (χ2n) is 8.07. The third-order valence-corrected chi connectivity index (χ3v) is 5.26. The first-order valence-corrected chi connectivity index (χ1v) is 10.5. The van der Waals surface area contributed by atoms with Crippen LogP contribution in [0.5, 0.6) is 0 Å². The average Bonchev–Trinajstić information content (AvgIpc) is 3.12. The summed E-state index contributed by atoms with van der Waals surface area (Å²) in [4.78, 5) is 14.5. The largest absolute Gasteiger partial charge is 1.00 e. The van der Waals surface area contributed by atoms with Crippen LogP contribution in [0, 0.1) is 12.7 Å². The molecule has 0 saturated carbocycles. The van der Waals surface area contributed by atoms with E-state index in [0.717, 1.165) is 22.3 Å². The van der Waals surface area contributed by atoms with Crippen molar-refractivity contribution in [1.82, 2.24) is 9.55 Å². The normalized spacial score (nSPS) is 13.2. The van der Waals surface area contributed by atoms with Gasteiger partial charge in [0.2, 0.25) is 5.82 Å². The van der Waals surface area contributed by atoms with Crippen LogP contribution in [-0.4, -0.2) is 37.9 Å². The van der Waals surface area contributed by atoms with E-state index in [2.05, 4.69) is 4.98 Å². The number of alkyl halides is 3. The first-order valence-electron chi connectivity index (χ1n) is 10.5. The molecule has 0 unspecified atom stereocenters. The quantitative estimate of drug-likeness (QED) is 0.325. The van der Waals surface area contributed by atoms with Crippen LogP contribution >= 0.6 is 0 Å². The van der Waals surface area contributed by atoms with Gasteiger partial charge in [-0.2, -0.15) is 13.2 Å². The molecule has 2 aromatic carbocycles. The predicted molar refractivity (Wildman–Crippen MR) is 114 cm³/mol. The number of halogens is 4. The molecule has 11 heteroatoms. The summed E-state index contributed by atoms with van der Waals surface area (Å²) in [5, 5.41) is 30.5. The monoisotopic (exact) mass is 502 g/mol. The third kappa shape index (κ3) is 7.62. The minimum atomic E-state index is -4.82. The van der Waals surface area contributed by atoms with Gasteiger partial charge in [0.1, 0.15) is 5.82 Å². The maximum absolute atomic E-state index is 14.0. The number of aliphatic carboxylic acids is 1. The van der Waals surface area contributed by atoms with Gasteiger partial charge in [-0.15, -0.1) is 0 Å². The Morgan fingerprint density at radius 2 is 1.74 bits per heavy atom. The molecule has 6 nitrogen and oxygen atoms in total. The number of aliphatic hydroxyl groups is 2. The number of aryl methyl sites for hydroxylation is 1. The van der Waals surface area contributed by atoms with E-state index in [1.165, 1.54) is 12.1 Å². The Labute approximate surface area is 221 Å². The molecule has 0 aliphatic rings. The number of carbonyl (C=O) groups is 1. The number of carboxylic acid groups (broad SMARTS) is 1. The molecular formula is C24H23F4N2NaO4. The van der Waals surface area contributed by atoms with Crippen molar-refractivity contribution in [2.75, 3.05) is 0 Å². The van der Waals surface area contributed by atoms with E-state index in [1.54, 1.807) is 31.2 Å². The molecule has 0 aliphatic heterocycles. The molecule has 0 bridgehead atoms. The number of hydrogen-bond acceptors (Lipinski definition) is 5. The van der Waals surface area contributed by atoms with Gasteiger partial charge in [-0.25, -0.2) is 9.37 Å². The van der Waals surface area contributed by atoms with E-state index in [4.69, 9.17) is 0 Å². The van der Waals surface area contributed by atoms with Crippen LogP contribution in [-0.2, 0) is 17.5 Å². The fourth-order valence-electron chi connectivity index (χ4n) is 3.77. The van der Waals surface area contributed by atoms with Crippen molar-refractivity contribution in [2.24, 2.45) is 0 Å². The van der Waals surface area contributed by atoms with Gasteiger partial charge in [0.25, 0.3) is 0 Å². The van der Waals surface area contributed by atoms with Crippen molar-refractivity contribution >= 4 is 5.97 Å². The molecule has 0 fully saturated rings. The summed E-state index contributed by atoms with van der Waals surface area (Å²) in [5.41, 5.74) is 1.69. The molecule has 0 radical (unpaired) electrons. The molecular weight excluding hydrogens is 479 g/mol. The zero-order valence-electron chi connectivity index (χ0n) is 19.2. The van der Waals surface area contributed by atoms with Crippen LogP contribution in [0.3, 0.4) is 0 Å². The van der Waals surface area contributed by atoms with Gasteiger partial charge in [-0.3, -0.25) is 0 Å². The van der Waals surface area contributed by atoms with Crippen LogP contribution in [0.15, 0.2) is 48.5 Å². The van der Waals surface area contributed by atoms with E-state index in [1.807, 2.05) is 0 Å². The summed E-state index contributed by atoms with van der Waals surface area (Å²) in [6, 6.07) is 11.7.